The summed E-state index contributed by atoms with van der Waals surface area (Å²) in [6.45, 7) is 3.42. The average molecular weight is 348 g/mol. The Labute approximate surface area is 137 Å². The van der Waals surface area contributed by atoms with Crippen molar-refractivity contribution in [2.24, 2.45) is 5.92 Å². The van der Waals surface area contributed by atoms with Gasteiger partial charge in [-0.3, -0.25) is 4.79 Å². The number of amides is 1. The van der Waals surface area contributed by atoms with Gasteiger partial charge in [0, 0.05) is 6.54 Å². The lowest BCUT2D eigenvalue weighted by Crippen LogP contribution is -2.33. The van der Waals surface area contributed by atoms with Gasteiger partial charge in [0.25, 0.3) is 0 Å². The van der Waals surface area contributed by atoms with E-state index in [1.807, 2.05) is 13.0 Å². The van der Waals surface area contributed by atoms with Crippen LogP contribution in [0.2, 0.25) is 0 Å². The smallest absolute Gasteiger partial charge is 0.240 e. The molecule has 1 saturated heterocycles. The minimum absolute atomic E-state index is 0. The summed E-state index contributed by atoms with van der Waals surface area (Å²) in [4.78, 5) is 12.3. The Morgan fingerprint density at radius 3 is 2.73 bits per heavy atom. The number of carbonyl (C=O) groups is 1. The molecule has 2 atom stereocenters. The van der Waals surface area contributed by atoms with Crippen LogP contribution in [0.5, 0.6) is 0 Å². The zero-order valence-electron chi connectivity index (χ0n) is 12.6. The lowest BCUT2D eigenvalue weighted by atomic mass is 10.1. The molecule has 124 valence electrons. The van der Waals surface area contributed by atoms with Gasteiger partial charge in [0.1, 0.15) is 0 Å². The van der Waals surface area contributed by atoms with E-state index in [0.29, 0.717) is 6.54 Å². The SMILES string of the molecule is CNS(=O)(=O)c1cccc(C(C)NC(=O)C2CCNC2)c1.Cl. The van der Waals surface area contributed by atoms with Crippen LogP contribution in [0.15, 0.2) is 29.2 Å². The largest absolute Gasteiger partial charge is 0.349 e. The topological polar surface area (TPSA) is 87.3 Å². The Morgan fingerprint density at radius 1 is 1.41 bits per heavy atom. The Morgan fingerprint density at radius 2 is 2.14 bits per heavy atom. The van der Waals surface area contributed by atoms with Gasteiger partial charge in [0.15, 0.2) is 0 Å². The first kappa shape index (κ1) is 18.9. The van der Waals surface area contributed by atoms with Crippen molar-refractivity contribution in [3.05, 3.63) is 29.8 Å². The molecular weight excluding hydrogens is 326 g/mol. The zero-order chi connectivity index (χ0) is 15.5. The number of sulfonamides is 1. The molecule has 2 rings (SSSR count). The highest BCUT2D eigenvalue weighted by molar-refractivity contribution is 7.89. The maximum absolute atomic E-state index is 12.1. The molecule has 0 aromatic heterocycles. The number of hydrogen-bond donors (Lipinski definition) is 3. The third-order valence-electron chi connectivity index (χ3n) is 3.73. The standard InChI is InChI=1S/C14H21N3O3S.ClH/c1-10(17-14(18)12-6-7-16-9-12)11-4-3-5-13(8-11)21(19,20)15-2;/h3-5,8,10,12,15-16H,6-7,9H2,1-2H3,(H,17,18);1H. The van der Waals surface area contributed by atoms with Crippen molar-refractivity contribution < 1.29 is 13.2 Å². The fraction of sp³-hybridized carbons (Fsp3) is 0.500. The van der Waals surface area contributed by atoms with E-state index in [1.54, 1.807) is 12.1 Å². The van der Waals surface area contributed by atoms with Gasteiger partial charge < -0.3 is 10.6 Å². The third kappa shape index (κ3) is 4.42. The summed E-state index contributed by atoms with van der Waals surface area (Å²) >= 11 is 0. The van der Waals surface area contributed by atoms with Gasteiger partial charge in [0.2, 0.25) is 15.9 Å². The van der Waals surface area contributed by atoms with E-state index in [1.165, 1.54) is 13.1 Å². The van der Waals surface area contributed by atoms with Crippen LogP contribution >= 0.6 is 12.4 Å². The summed E-state index contributed by atoms with van der Waals surface area (Å²) in [5.41, 5.74) is 0.769. The van der Waals surface area contributed by atoms with Gasteiger partial charge >= 0.3 is 0 Å². The Kier molecular flexibility index (Phi) is 6.80. The second-order valence-corrected chi connectivity index (χ2v) is 7.09. The van der Waals surface area contributed by atoms with Gasteiger partial charge in [-0.15, -0.1) is 12.4 Å². The molecule has 1 aromatic rings. The summed E-state index contributed by atoms with van der Waals surface area (Å²) in [6.07, 6.45) is 0.840. The Hall–Kier alpha value is -1.15. The van der Waals surface area contributed by atoms with E-state index in [0.717, 1.165) is 18.5 Å². The molecule has 0 radical (unpaired) electrons. The van der Waals surface area contributed by atoms with E-state index >= 15 is 0 Å². The molecular formula is C14H22ClN3O3S. The minimum atomic E-state index is -3.47. The van der Waals surface area contributed by atoms with Crippen molar-refractivity contribution in [2.45, 2.75) is 24.3 Å². The highest BCUT2D eigenvalue weighted by atomic mass is 35.5. The summed E-state index contributed by atoms with van der Waals surface area (Å²) < 4.78 is 25.9. The van der Waals surface area contributed by atoms with Crippen molar-refractivity contribution in [3.8, 4) is 0 Å². The number of hydrogen-bond acceptors (Lipinski definition) is 4. The quantitative estimate of drug-likeness (QED) is 0.735. The lowest BCUT2D eigenvalue weighted by Gasteiger charge is -2.17. The van der Waals surface area contributed by atoms with E-state index in [9.17, 15) is 13.2 Å². The second-order valence-electron chi connectivity index (χ2n) is 5.20. The van der Waals surface area contributed by atoms with Gasteiger partial charge in [0.05, 0.1) is 16.9 Å². The van der Waals surface area contributed by atoms with Crippen molar-refractivity contribution in [1.82, 2.24) is 15.4 Å². The van der Waals surface area contributed by atoms with Crippen LogP contribution in [0.1, 0.15) is 24.9 Å². The number of carbonyl (C=O) groups excluding carboxylic acids is 1. The van der Waals surface area contributed by atoms with Crippen LogP contribution in [0, 0.1) is 5.92 Å². The molecule has 22 heavy (non-hydrogen) atoms. The first-order valence-corrected chi connectivity index (χ1v) is 8.47. The highest BCUT2D eigenvalue weighted by Gasteiger charge is 2.24. The maximum atomic E-state index is 12.1. The summed E-state index contributed by atoms with van der Waals surface area (Å²) in [6, 6.07) is 6.38. The van der Waals surface area contributed by atoms with Crippen LogP contribution in [0.25, 0.3) is 0 Å². The maximum Gasteiger partial charge on any atom is 0.240 e. The highest BCUT2D eigenvalue weighted by Crippen LogP contribution is 2.18. The number of benzene rings is 1. The average Bonchev–Trinajstić information content (AvgIpc) is 3.01. The second kappa shape index (κ2) is 7.92. The Bertz CT molecular complexity index is 616. The van der Waals surface area contributed by atoms with Crippen LogP contribution in [-0.2, 0) is 14.8 Å². The van der Waals surface area contributed by atoms with E-state index in [4.69, 9.17) is 0 Å². The molecule has 0 bridgehead atoms. The molecule has 1 aromatic carbocycles. The van der Waals surface area contributed by atoms with Crippen LogP contribution in [-0.4, -0.2) is 34.5 Å². The molecule has 1 aliphatic heterocycles. The van der Waals surface area contributed by atoms with Crippen molar-refractivity contribution in [3.63, 3.8) is 0 Å². The van der Waals surface area contributed by atoms with Crippen molar-refractivity contribution >= 4 is 28.3 Å². The van der Waals surface area contributed by atoms with Crippen LogP contribution < -0.4 is 15.4 Å². The van der Waals surface area contributed by atoms with Crippen LogP contribution in [0.3, 0.4) is 0 Å². The van der Waals surface area contributed by atoms with Gasteiger partial charge in [-0.1, -0.05) is 12.1 Å². The molecule has 1 heterocycles. The predicted molar refractivity (Wildman–Crippen MR) is 87.5 cm³/mol. The first-order chi connectivity index (χ1) is 9.94. The fourth-order valence-electron chi connectivity index (χ4n) is 2.36. The molecule has 1 aliphatic rings. The Balaban J connectivity index is 0.00000242. The normalized spacial score (nSPS) is 19.3. The molecule has 1 fully saturated rings. The molecule has 0 aliphatic carbocycles. The van der Waals surface area contributed by atoms with Crippen molar-refractivity contribution in [1.29, 1.82) is 0 Å². The first-order valence-electron chi connectivity index (χ1n) is 6.98. The number of halogens is 1. The molecule has 3 N–H and O–H groups in total. The molecule has 6 nitrogen and oxygen atoms in total. The van der Waals surface area contributed by atoms with Crippen molar-refractivity contribution in [2.75, 3.05) is 20.1 Å². The zero-order valence-corrected chi connectivity index (χ0v) is 14.3. The number of nitrogens with one attached hydrogen (secondary N) is 3. The van der Waals surface area contributed by atoms with Gasteiger partial charge in [-0.05, 0) is 44.6 Å². The fourth-order valence-corrected chi connectivity index (χ4v) is 3.15. The van der Waals surface area contributed by atoms with E-state index in [2.05, 4.69) is 15.4 Å². The minimum Gasteiger partial charge on any atom is -0.349 e. The molecule has 0 spiro atoms. The summed E-state index contributed by atoms with van der Waals surface area (Å²) in [7, 11) is -2.10. The van der Waals surface area contributed by atoms with E-state index in [-0.39, 0.29) is 35.2 Å². The molecule has 0 saturated carbocycles. The lowest BCUT2D eigenvalue weighted by molar-refractivity contribution is -0.125. The molecule has 2 unspecified atom stereocenters. The number of rotatable bonds is 5. The monoisotopic (exact) mass is 347 g/mol. The third-order valence-corrected chi connectivity index (χ3v) is 5.14. The molecule has 1 amide bonds. The van der Waals surface area contributed by atoms with Gasteiger partial charge in [-0.25, -0.2) is 13.1 Å². The van der Waals surface area contributed by atoms with Gasteiger partial charge in [-0.2, -0.15) is 0 Å². The van der Waals surface area contributed by atoms with Crippen LogP contribution in [0.4, 0.5) is 0 Å². The molecule has 8 heteroatoms. The predicted octanol–water partition coefficient (Wildman–Crippen LogP) is 0.803. The summed E-state index contributed by atoms with van der Waals surface area (Å²) in [5, 5.41) is 6.10. The summed E-state index contributed by atoms with van der Waals surface area (Å²) in [5.74, 6) is 0.00560. The van der Waals surface area contributed by atoms with E-state index < -0.39 is 10.0 Å².